The molecule has 27 heavy (non-hydrogen) atoms. The monoisotopic (exact) mass is 375 g/mol. The summed E-state index contributed by atoms with van der Waals surface area (Å²) >= 11 is 0. The Labute approximate surface area is 157 Å². The number of rotatable bonds is 5. The molecule has 144 valence electrons. The number of carbonyl (C=O) groups is 1. The van der Waals surface area contributed by atoms with Crippen molar-refractivity contribution in [1.82, 2.24) is 10.2 Å². The van der Waals surface area contributed by atoms with Crippen molar-refractivity contribution in [3.05, 3.63) is 65.7 Å². The summed E-state index contributed by atoms with van der Waals surface area (Å²) in [7, 11) is 0. The number of aliphatic hydroxyl groups is 1. The van der Waals surface area contributed by atoms with Crippen LogP contribution in [0.25, 0.3) is 0 Å². The van der Waals surface area contributed by atoms with Gasteiger partial charge in [-0.3, -0.25) is 4.90 Å². The van der Waals surface area contributed by atoms with E-state index in [1.54, 1.807) is 0 Å². The quantitative estimate of drug-likeness (QED) is 0.753. The van der Waals surface area contributed by atoms with E-state index in [-0.39, 0.29) is 24.3 Å². The van der Waals surface area contributed by atoms with E-state index in [1.165, 1.54) is 5.56 Å². The second-order valence-electron chi connectivity index (χ2n) is 6.82. The number of aliphatic hydroxyl groups excluding tert-OH is 1. The highest BCUT2D eigenvalue weighted by Crippen LogP contribution is 2.20. The van der Waals surface area contributed by atoms with Gasteiger partial charge in [-0.15, -0.1) is 0 Å². The van der Waals surface area contributed by atoms with Crippen LogP contribution in [0.15, 0.2) is 48.5 Å². The Balaban J connectivity index is 1.55. The van der Waals surface area contributed by atoms with Crippen molar-refractivity contribution in [3.8, 4) is 0 Å². The van der Waals surface area contributed by atoms with Crippen molar-refractivity contribution in [2.75, 3.05) is 25.0 Å². The lowest BCUT2D eigenvalue weighted by Crippen LogP contribution is -2.52. The highest BCUT2D eigenvalue weighted by Gasteiger charge is 2.30. The molecular formula is C20H23F2N3O2. The van der Waals surface area contributed by atoms with Gasteiger partial charge in [0, 0.05) is 50.0 Å². The van der Waals surface area contributed by atoms with Crippen LogP contribution in [-0.2, 0) is 6.54 Å². The third kappa shape index (κ3) is 5.48. The molecule has 0 bridgehead atoms. The molecule has 2 aromatic carbocycles. The molecule has 0 radical (unpaired) electrons. The van der Waals surface area contributed by atoms with E-state index < -0.39 is 17.7 Å². The van der Waals surface area contributed by atoms with Gasteiger partial charge in [0.2, 0.25) is 0 Å². The second-order valence-corrected chi connectivity index (χ2v) is 6.82. The van der Waals surface area contributed by atoms with Crippen LogP contribution in [0.3, 0.4) is 0 Å². The van der Waals surface area contributed by atoms with Crippen molar-refractivity contribution < 1.29 is 18.7 Å². The van der Waals surface area contributed by atoms with Gasteiger partial charge in [-0.25, -0.2) is 13.6 Å². The van der Waals surface area contributed by atoms with E-state index in [1.807, 2.05) is 18.2 Å². The molecule has 1 heterocycles. The number of amides is 2. The Bertz CT molecular complexity index is 753. The fourth-order valence-electron chi connectivity index (χ4n) is 3.43. The van der Waals surface area contributed by atoms with Crippen LogP contribution in [-0.4, -0.2) is 41.8 Å². The summed E-state index contributed by atoms with van der Waals surface area (Å²) in [4.78, 5) is 14.4. The predicted octanol–water partition coefficient (Wildman–Crippen LogP) is 2.97. The number of halogens is 2. The minimum Gasteiger partial charge on any atom is -0.396 e. The average Bonchev–Trinajstić information content (AvgIpc) is 2.63. The first-order chi connectivity index (χ1) is 13.0. The number of hydrogen-bond donors (Lipinski definition) is 3. The van der Waals surface area contributed by atoms with Crippen molar-refractivity contribution in [2.24, 2.45) is 5.92 Å². The second kappa shape index (κ2) is 8.92. The molecule has 0 aromatic heterocycles. The van der Waals surface area contributed by atoms with Crippen LogP contribution in [0.4, 0.5) is 19.3 Å². The third-order valence-corrected chi connectivity index (χ3v) is 4.74. The van der Waals surface area contributed by atoms with E-state index in [0.29, 0.717) is 13.0 Å². The van der Waals surface area contributed by atoms with E-state index in [2.05, 4.69) is 27.7 Å². The van der Waals surface area contributed by atoms with Gasteiger partial charge in [-0.1, -0.05) is 30.3 Å². The number of nitrogens with zero attached hydrogens (tertiary/aromatic N) is 1. The Kier molecular flexibility index (Phi) is 6.36. The van der Waals surface area contributed by atoms with Gasteiger partial charge in [-0.05, 0) is 24.1 Å². The molecule has 1 saturated heterocycles. The number of carbonyl (C=O) groups excluding carboxylic acids is 1. The molecule has 1 fully saturated rings. The molecule has 2 amide bonds. The first kappa shape index (κ1) is 19.3. The molecule has 3 N–H and O–H groups in total. The highest BCUT2D eigenvalue weighted by atomic mass is 19.1. The maximum Gasteiger partial charge on any atom is 0.319 e. The maximum absolute atomic E-state index is 13.2. The SMILES string of the molecule is O=C(Nc1cc(F)cc(F)c1)N[C@H]1CCN(Cc2ccccc2)C[C@@H]1CO. The minimum absolute atomic E-state index is 0.0482. The average molecular weight is 375 g/mol. The minimum atomic E-state index is -0.757. The molecule has 5 nitrogen and oxygen atoms in total. The van der Waals surface area contributed by atoms with E-state index in [9.17, 15) is 18.7 Å². The molecule has 3 rings (SSSR count). The fraction of sp³-hybridized carbons (Fsp3) is 0.350. The predicted molar refractivity (Wildman–Crippen MR) is 99.2 cm³/mol. The molecule has 0 unspecified atom stereocenters. The summed E-state index contributed by atoms with van der Waals surface area (Å²) in [5.41, 5.74) is 1.25. The van der Waals surface area contributed by atoms with Gasteiger partial charge in [0.05, 0.1) is 0 Å². The summed E-state index contributed by atoms with van der Waals surface area (Å²) in [6, 6.07) is 12.2. The largest absolute Gasteiger partial charge is 0.396 e. The van der Waals surface area contributed by atoms with E-state index in [4.69, 9.17) is 0 Å². The zero-order chi connectivity index (χ0) is 19.2. The summed E-state index contributed by atoms with van der Waals surface area (Å²) in [5.74, 6) is -1.63. The molecular weight excluding hydrogens is 352 g/mol. The van der Waals surface area contributed by atoms with Gasteiger partial charge in [-0.2, -0.15) is 0 Å². The molecule has 0 saturated carbocycles. The normalized spacial score (nSPS) is 20.3. The fourth-order valence-corrected chi connectivity index (χ4v) is 3.43. The Morgan fingerprint density at radius 3 is 2.52 bits per heavy atom. The van der Waals surface area contributed by atoms with E-state index >= 15 is 0 Å². The summed E-state index contributed by atoms with van der Waals surface area (Å²) in [5, 5.41) is 15.0. The number of likely N-dealkylation sites (tertiary alicyclic amines) is 1. The van der Waals surface area contributed by atoms with Gasteiger partial charge >= 0.3 is 6.03 Å². The van der Waals surface area contributed by atoms with Crippen LogP contribution >= 0.6 is 0 Å². The van der Waals surface area contributed by atoms with E-state index in [0.717, 1.165) is 31.3 Å². The first-order valence-corrected chi connectivity index (χ1v) is 8.94. The number of piperidine rings is 1. The van der Waals surface area contributed by atoms with Gasteiger partial charge < -0.3 is 15.7 Å². The smallest absolute Gasteiger partial charge is 0.319 e. The summed E-state index contributed by atoms with van der Waals surface area (Å²) < 4.78 is 26.5. The molecule has 2 aromatic rings. The van der Waals surface area contributed by atoms with Crippen LogP contribution in [0.1, 0.15) is 12.0 Å². The first-order valence-electron chi connectivity index (χ1n) is 8.94. The van der Waals surface area contributed by atoms with Crippen molar-refractivity contribution in [3.63, 3.8) is 0 Å². The maximum atomic E-state index is 13.2. The van der Waals surface area contributed by atoms with Crippen LogP contribution in [0.5, 0.6) is 0 Å². The molecule has 2 atom stereocenters. The molecule has 1 aliphatic rings. The standard InChI is InChI=1S/C20H23F2N3O2/c21-16-8-17(22)10-18(9-16)23-20(27)24-19-6-7-25(12-15(19)13-26)11-14-4-2-1-3-5-14/h1-5,8-10,15,19,26H,6-7,11-13H2,(H2,23,24,27)/t15-,19+/m1/s1. The van der Waals surface area contributed by atoms with Gasteiger partial charge in [0.1, 0.15) is 11.6 Å². The zero-order valence-corrected chi connectivity index (χ0v) is 14.9. The lowest BCUT2D eigenvalue weighted by molar-refractivity contribution is 0.0895. The summed E-state index contributed by atoms with van der Waals surface area (Å²) in [6.07, 6.45) is 0.684. The lowest BCUT2D eigenvalue weighted by Gasteiger charge is -2.38. The Morgan fingerprint density at radius 2 is 1.85 bits per heavy atom. The molecule has 1 aliphatic heterocycles. The highest BCUT2D eigenvalue weighted by molar-refractivity contribution is 5.89. The third-order valence-electron chi connectivity index (χ3n) is 4.74. The topological polar surface area (TPSA) is 64.6 Å². The molecule has 7 heteroatoms. The van der Waals surface area contributed by atoms with Crippen molar-refractivity contribution in [2.45, 2.75) is 19.0 Å². The van der Waals surface area contributed by atoms with Gasteiger partial charge in [0.15, 0.2) is 0 Å². The number of urea groups is 1. The Hall–Kier alpha value is -2.51. The molecule has 0 spiro atoms. The Morgan fingerprint density at radius 1 is 1.15 bits per heavy atom. The van der Waals surface area contributed by atoms with Crippen molar-refractivity contribution in [1.29, 1.82) is 0 Å². The van der Waals surface area contributed by atoms with Crippen LogP contribution < -0.4 is 10.6 Å². The molecule has 0 aliphatic carbocycles. The van der Waals surface area contributed by atoms with Crippen LogP contribution in [0.2, 0.25) is 0 Å². The number of hydrogen-bond acceptors (Lipinski definition) is 3. The number of benzene rings is 2. The zero-order valence-electron chi connectivity index (χ0n) is 14.9. The number of anilines is 1. The van der Waals surface area contributed by atoms with Gasteiger partial charge in [0.25, 0.3) is 0 Å². The number of nitrogens with one attached hydrogen (secondary N) is 2. The summed E-state index contributed by atoms with van der Waals surface area (Å²) in [6.45, 7) is 2.18. The van der Waals surface area contributed by atoms with Crippen LogP contribution in [0, 0.1) is 17.6 Å². The lowest BCUT2D eigenvalue weighted by atomic mass is 9.92. The van der Waals surface area contributed by atoms with Crippen molar-refractivity contribution >= 4 is 11.7 Å².